The van der Waals surface area contributed by atoms with Crippen LogP contribution in [0.15, 0.2) is 78.2 Å². The molecule has 3 aromatic carbocycles. The van der Waals surface area contributed by atoms with E-state index in [1.165, 1.54) is 11.6 Å². The molecule has 0 saturated heterocycles. The number of nitriles is 1. The smallest absolute Gasteiger partial charge is 0.205 e. The van der Waals surface area contributed by atoms with E-state index in [0.29, 0.717) is 17.9 Å². The molecule has 1 atom stereocenters. The van der Waals surface area contributed by atoms with Gasteiger partial charge in [-0.05, 0) is 36.2 Å². The molecular weight excluding hydrogens is 364 g/mol. The molecule has 0 amide bonds. The Kier molecular flexibility index (Phi) is 4.84. The van der Waals surface area contributed by atoms with Crippen LogP contribution in [0.2, 0.25) is 0 Å². The molecule has 3 aromatic rings. The van der Waals surface area contributed by atoms with Crippen LogP contribution in [-0.2, 0) is 6.61 Å². The number of aryl methyl sites for hydroxylation is 1. The monoisotopic (exact) mass is 384 g/mol. The Balaban J connectivity index is 1.60. The molecule has 3 N–H and O–H groups in total. The first-order valence-corrected chi connectivity index (χ1v) is 9.24. The lowest BCUT2D eigenvalue weighted by Gasteiger charge is -2.26. The topological polar surface area (TPSA) is 88.5 Å². The quantitative estimate of drug-likeness (QED) is 0.691. The second-order valence-electron chi connectivity index (χ2n) is 6.99. The van der Waals surface area contributed by atoms with Gasteiger partial charge >= 0.3 is 0 Å². The standard InChI is InChI=1S/C24H20N2O3/c1-15-3-2-4-16(11-15)14-28-19-8-5-17(6-9-19)23-20-10-7-18(27)12-22(20)29-24(26)21(23)13-25/h2-12,23,27H,14,26H2,1H3/t23-/m0/s1. The third-order valence-electron chi connectivity index (χ3n) is 4.90. The SMILES string of the molecule is Cc1cccc(COc2ccc([C@@H]3C(C#N)=C(N)Oc4cc(O)ccc43)cc2)c1. The Labute approximate surface area is 169 Å². The van der Waals surface area contributed by atoms with Crippen molar-refractivity contribution in [3.05, 3.63) is 100 Å². The Morgan fingerprint density at radius 1 is 1.10 bits per heavy atom. The fourth-order valence-corrected chi connectivity index (χ4v) is 3.51. The zero-order valence-corrected chi connectivity index (χ0v) is 15.9. The minimum atomic E-state index is -0.366. The van der Waals surface area contributed by atoms with Gasteiger partial charge < -0.3 is 20.3 Å². The summed E-state index contributed by atoms with van der Waals surface area (Å²) in [6.45, 7) is 2.53. The second-order valence-corrected chi connectivity index (χ2v) is 6.99. The summed E-state index contributed by atoms with van der Waals surface area (Å²) in [5.74, 6) is 0.955. The van der Waals surface area contributed by atoms with Crippen LogP contribution in [0, 0.1) is 18.3 Å². The molecule has 0 spiro atoms. The summed E-state index contributed by atoms with van der Waals surface area (Å²) < 4.78 is 11.4. The van der Waals surface area contributed by atoms with Crippen molar-refractivity contribution in [2.24, 2.45) is 5.73 Å². The summed E-state index contributed by atoms with van der Waals surface area (Å²) in [6, 6.07) is 22.8. The first-order valence-electron chi connectivity index (χ1n) is 9.24. The number of aromatic hydroxyl groups is 1. The van der Waals surface area contributed by atoms with E-state index in [0.717, 1.165) is 22.4 Å². The third-order valence-corrected chi connectivity index (χ3v) is 4.90. The molecule has 5 nitrogen and oxygen atoms in total. The van der Waals surface area contributed by atoms with Gasteiger partial charge in [-0.25, -0.2) is 0 Å². The highest BCUT2D eigenvalue weighted by molar-refractivity contribution is 5.57. The number of benzene rings is 3. The molecular formula is C24H20N2O3. The number of hydrogen-bond donors (Lipinski definition) is 2. The van der Waals surface area contributed by atoms with Gasteiger partial charge in [-0.2, -0.15) is 5.26 Å². The first-order chi connectivity index (χ1) is 14.0. The lowest BCUT2D eigenvalue weighted by atomic mass is 9.83. The molecule has 5 heteroatoms. The number of phenolic OH excluding ortho intramolecular Hbond substituents is 1. The van der Waals surface area contributed by atoms with Crippen molar-refractivity contribution in [2.45, 2.75) is 19.4 Å². The van der Waals surface area contributed by atoms with Gasteiger partial charge in [0.05, 0.1) is 5.92 Å². The van der Waals surface area contributed by atoms with Gasteiger partial charge in [0.15, 0.2) is 0 Å². The van der Waals surface area contributed by atoms with E-state index in [2.05, 4.69) is 25.1 Å². The molecule has 144 valence electrons. The van der Waals surface area contributed by atoms with E-state index in [-0.39, 0.29) is 17.6 Å². The molecule has 0 fully saturated rings. The van der Waals surface area contributed by atoms with Crippen LogP contribution in [0.5, 0.6) is 17.2 Å². The summed E-state index contributed by atoms with van der Waals surface area (Å²) in [7, 11) is 0. The van der Waals surface area contributed by atoms with Crippen LogP contribution >= 0.6 is 0 Å². The lowest BCUT2D eigenvalue weighted by molar-refractivity contribution is 0.306. The van der Waals surface area contributed by atoms with Gasteiger partial charge in [0, 0.05) is 11.6 Å². The van der Waals surface area contributed by atoms with E-state index in [4.69, 9.17) is 15.2 Å². The van der Waals surface area contributed by atoms with Crippen molar-refractivity contribution >= 4 is 0 Å². The molecule has 0 radical (unpaired) electrons. The average Bonchev–Trinajstić information content (AvgIpc) is 2.71. The average molecular weight is 384 g/mol. The number of nitrogens with zero attached hydrogens (tertiary/aromatic N) is 1. The lowest BCUT2D eigenvalue weighted by Crippen LogP contribution is -2.20. The largest absolute Gasteiger partial charge is 0.508 e. The van der Waals surface area contributed by atoms with Gasteiger partial charge in [0.25, 0.3) is 0 Å². The molecule has 0 aliphatic carbocycles. The van der Waals surface area contributed by atoms with Crippen molar-refractivity contribution in [2.75, 3.05) is 0 Å². The molecule has 0 saturated carbocycles. The minimum Gasteiger partial charge on any atom is -0.508 e. The van der Waals surface area contributed by atoms with E-state index < -0.39 is 0 Å². The van der Waals surface area contributed by atoms with Gasteiger partial charge in [-0.3, -0.25) is 0 Å². The number of allylic oxidation sites excluding steroid dienone is 1. The number of rotatable bonds is 4. The van der Waals surface area contributed by atoms with E-state index >= 15 is 0 Å². The summed E-state index contributed by atoms with van der Waals surface area (Å²) >= 11 is 0. The Morgan fingerprint density at radius 2 is 1.90 bits per heavy atom. The predicted octanol–water partition coefficient (Wildman–Crippen LogP) is 4.50. The molecule has 0 unspecified atom stereocenters. The normalized spacial score (nSPS) is 15.2. The van der Waals surface area contributed by atoms with Crippen LogP contribution in [0.1, 0.15) is 28.2 Å². The zero-order valence-electron chi connectivity index (χ0n) is 15.9. The number of hydrogen-bond acceptors (Lipinski definition) is 5. The minimum absolute atomic E-state index is 0.0513. The highest BCUT2D eigenvalue weighted by Gasteiger charge is 2.30. The summed E-state index contributed by atoms with van der Waals surface area (Å²) in [6.07, 6.45) is 0. The Morgan fingerprint density at radius 3 is 2.62 bits per heavy atom. The molecule has 1 aliphatic rings. The summed E-state index contributed by atoms with van der Waals surface area (Å²) in [5, 5.41) is 19.4. The maximum atomic E-state index is 9.74. The molecule has 0 bridgehead atoms. The molecule has 0 aromatic heterocycles. The summed E-state index contributed by atoms with van der Waals surface area (Å²) in [5.41, 5.74) is 10.3. The Bertz CT molecular complexity index is 1130. The van der Waals surface area contributed by atoms with Crippen molar-refractivity contribution in [1.82, 2.24) is 0 Å². The maximum absolute atomic E-state index is 9.74. The Hall–Kier alpha value is -3.91. The van der Waals surface area contributed by atoms with Crippen molar-refractivity contribution in [3.63, 3.8) is 0 Å². The fourth-order valence-electron chi connectivity index (χ4n) is 3.51. The fraction of sp³-hybridized carbons (Fsp3) is 0.125. The second kappa shape index (κ2) is 7.61. The molecule has 1 heterocycles. The number of phenols is 1. The first kappa shape index (κ1) is 18.5. The molecule has 29 heavy (non-hydrogen) atoms. The van der Waals surface area contributed by atoms with Crippen molar-refractivity contribution in [3.8, 4) is 23.3 Å². The number of nitrogens with two attached hydrogens (primary N) is 1. The summed E-state index contributed by atoms with van der Waals surface area (Å²) in [4.78, 5) is 0. The van der Waals surface area contributed by atoms with Crippen molar-refractivity contribution in [1.29, 1.82) is 5.26 Å². The van der Waals surface area contributed by atoms with Gasteiger partial charge in [0.1, 0.15) is 35.5 Å². The van der Waals surface area contributed by atoms with Crippen molar-refractivity contribution < 1.29 is 14.6 Å². The van der Waals surface area contributed by atoms with E-state index in [1.54, 1.807) is 12.1 Å². The molecule has 4 rings (SSSR count). The van der Waals surface area contributed by atoms with Crippen LogP contribution in [0.4, 0.5) is 0 Å². The third kappa shape index (κ3) is 3.74. The highest BCUT2D eigenvalue weighted by Crippen LogP contribution is 2.43. The van der Waals surface area contributed by atoms with Crippen LogP contribution in [0.25, 0.3) is 0 Å². The predicted molar refractivity (Wildman–Crippen MR) is 109 cm³/mol. The molecule has 1 aliphatic heterocycles. The highest BCUT2D eigenvalue weighted by atomic mass is 16.5. The van der Waals surface area contributed by atoms with Gasteiger partial charge in [0.2, 0.25) is 5.88 Å². The van der Waals surface area contributed by atoms with Crippen LogP contribution in [-0.4, -0.2) is 5.11 Å². The van der Waals surface area contributed by atoms with Gasteiger partial charge in [-0.1, -0.05) is 48.0 Å². The zero-order chi connectivity index (χ0) is 20.4. The van der Waals surface area contributed by atoms with Gasteiger partial charge in [-0.15, -0.1) is 0 Å². The van der Waals surface area contributed by atoms with E-state index in [9.17, 15) is 10.4 Å². The number of ether oxygens (including phenoxy) is 2. The van der Waals surface area contributed by atoms with Crippen LogP contribution in [0.3, 0.4) is 0 Å². The number of fused-ring (bicyclic) bond motifs is 1. The maximum Gasteiger partial charge on any atom is 0.205 e. The van der Waals surface area contributed by atoms with E-state index in [1.807, 2.05) is 36.4 Å². The van der Waals surface area contributed by atoms with Crippen LogP contribution < -0.4 is 15.2 Å².